The Morgan fingerprint density at radius 2 is 2.12 bits per heavy atom. The van der Waals surface area contributed by atoms with E-state index in [9.17, 15) is 14.0 Å². The van der Waals surface area contributed by atoms with Crippen molar-refractivity contribution in [3.05, 3.63) is 29.6 Å². The van der Waals surface area contributed by atoms with E-state index in [1.54, 1.807) is 18.0 Å². The van der Waals surface area contributed by atoms with Gasteiger partial charge in [0.25, 0.3) is 0 Å². The van der Waals surface area contributed by atoms with E-state index in [1.807, 2.05) is 11.0 Å². The summed E-state index contributed by atoms with van der Waals surface area (Å²) in [5.74, 6) is -0.743. The van der Waals surface area contributed by atoms with Gasteiger partial charge < -0.3 is 20.4 Å². The van der Waals surface area contributed by atoms with E-state index < -0.39 is 0 Å². The number of carbonyl (C=O) groups excluding carboxylic acids is 2. The van der Waals surface area contributed by atoms with E-state index >= 15 is 0 Å². The van der Waals surface area contributed by atoms with E-state index in [2.05, 4.69) is 10.6 Å². The van der Waals surface area contributed by atoms with E-state index in [0.717, 1.165) is 31.7 Å². The first-order valence-electron chi connectivity index (χ1n) is 8.30. The predicted octanol–water partition coefficient (Wildman–Crippen LogP) is 0.330. The molecule has 2 N–H and O–H groups in total. The van der Waals surface area contributed by atoms with Crippen LogP contribution < -0.4 is 15.5 Å². The van der Waals surface area contributed by atoms with Crippen molar-refractivity contribution in [2.75, 3.05) is 44.7 Å². The van der Waals surface area contributed by atoms with Gasteiger partial charge in [-0.05, 0) is 17.7 Å². The Morgan fingerprint density at radius 3 is 2.75 bits per heavy atom. The van der Waals surface area contributed by atoms with Gasteiger partial charge in [-0.25, -0.2) is 4.39 Å². The maximum absolute atomic E-state index is 14.3. The van der Waals surface area contributed by atoms with Crippen LogP contribution in [0.1, 0.15) is 12.0 Å². The van der Waals surface area contributed by atoms with Gasteiger partial charge in [0, 0.05) is 52.7 Å². The lowest BCUT2D eigenvalue weighted by Gasteiger charge is -2.29. The number of benzene rings is 1. The van der Waals surface area contributed by atoms with Crippen LogP contribution in [0.25, 0.3) is 0 Å². The second kappa shape index (κ2) is 7.17. The summed E-state index contributed by atoms with van der Waals surface area (Å²) in [5.41, 5.74) is 1.33. The molecule has 0 saturated carbocycles. The average Bonchev–Trinajstić information content (AvgIpc) is 2.93. The number of hydrogen-bond acceptors (Lipinski definition) is 4. The Kier molecular flexibility index (Phi) is 4.99. The molecule has 2 fully saturated rings. The molecule has 2 saturated heterocycles. The minimum Gasteiger partial charge on any atom is -0.367 e. The average molecular weight is 334 g/mol. The van der Waals surface area contributed by atoms with Crippen LogP contribution in [-0.2, 0) is 16.1 Å². The summed E-state index contributed by atoms with van der Waals surface area (Å²) in [6.45, 7) is 4.00. The van der Waals surface area contributed by atoms with Crippen LogP contribution in [0.2, 0.25) is 0 Å². The largest absolute Gasteiger partial charge is 0.367 e. The summed E-state index contributed by atoms with van der Waals surface area (Å²) in [6.07, 6.45) is 0.249. The molecule has 2 aliphatic rings. The maximum atomic E-state index is 14.3. The Labute approximate surface area is 141 Å². The summed E-state index contributed by atoms with van der Waals surface area (Å²) in [7, 11) is 1.69. The molecule has 7 heteroatoms. The number of hydrogen-bond donors (Lipinski definition) is 2. The number of nitrogens with one attached hydrogen (secondary N) is 2. The smallest absolute Gasteiger partial charge is 0.225 e. The van der Waals surface area contributed by atoms with Crippen LogP contribution in [0.4, 0.5) is 10.1 Å². The molecule has 0 radical (unpaired) electrons. The van der Waals surface area contributed by atoms with Gasteiger partial charge in [-0.2, -0.15) is 0 Å². The van der Waals surface area contributed by atoms with E-state index in [4.69, 9.17) is 0 Å². The third-order valence-electron chi connectivity index (χ3n) is 4.65. The molecule has 0 bridgehead atoms. The van der Waals surface area contributed by atoms with Crippen molar-refractivity contribution in [3.63, 3.8) is 0 Å². The quantitative estimate of drug-likeness (QED) is 0.833. The lowest BCUT2D eigenvalue weighted by Crippen LogP contribution is -2.43. The first kappa shape index (κ1) is 16.7. The predicted molar refractivity (Wildman–Crippen MR) is 89.1 cm³/mol. The van der Waals surface area contributed by atoms with Crippen molar-refractivity contribution in [2.24, 2.45) is 5.92 Å². The number of halogens is 1. The number of likely N-dealkylation sites (tertiary alicyclic amines) is 1. The van der Waals surface area contributed by atoms with Crippen molar-refractivity contribution < 1.29 is 14.0 Å². The second-order valence-corrected chi connectivity index (χ2v) is 6.42. The highest BCUT2D eigenvalue weighted by Crippen LogP contribution is 2.21. The number of amides is 2. The molecule has 2 heterocycles. The molecule has 6 nitrogen and oxygen atoms in total. The van der Waals surface area contributed by atoms with E-state index in [-0.39, 0.29) is 36.5 Å². The summed E-state index contributed by atoms with van der Waals surface area (Å²) in [4.78, 5) is 27.2. The highest BCUT2D eigenvalue weighted by Gasteiger charge is 2.31. The Morgan fingerprint density at radius 1 is 1.38 bits per heavy atom. The third-order valence-corrected chi connectivity index (χ3v) is 4.65. The molecule has 0 spiro atoms. The first-order valence-corrected chi connectivity index (χ1v) is 8.30. The summed E-state index contributed by atoms with van der Waals surface area (Å²) >= 11 is 0. The van der Waals surface area contributed by atoms with Crippen LogP contribution in [0.15, 0.2) is 18.2 Å². The van der Waals surface area contributed by atoms with Crippen LogP contribution in [0.5, 0.6) is 0 Å². The molecule has 24 heavy (non-hydrogen) atoms. The summed E-state index contributed by atoms with van der Waals surface area (Å²) in [5, 5.41) is 6.04. The van der Waals surface area contributed by atoms with Gasteiger partial charge in [-0.15, -0.1) is 0 Å². The van der Waals surface area contributed by atoms with Gasteiger partial charge in [0.05, 0.1) is 11.6 Å². The zero-order valence-corrected chi connectivity index (χ0v) is 13.8. The third kappa shape index (κ3) is 3.67. The monoisotopic (exact) mass is 334 g/mol. The Bertz CT molecular complexity index is 631. The Balaban J connectivity index is 1.57. The van der Waals surface area contributed by atoms with Crippen LogP contribution in [0.3, 0.4) is 0 Å². The molecule has 0 aromatic heterocycles. The van der Waals surface area contributed by atoms with E-state index in [0.29, 0.717) is 12.2 Å². The van der Waals surface area contributed by atoms with Crippen LogP contribution in [0, 0.1) is 11.7 Å². The fraction of sp³-hybridized carbons (Fsp3) is 0.529. The number of nitrogens with zero attached hydrogens (tertiary/aromatic N) is 2. The molecule has 0 unspecified atom stereocenters. The summed E-state index contributed by atoms with van der Waals surface area (Å²) in [6, 6.07) is 5.09. The standard InChI is InChI=1S/C17H23FN4O2/c1-21-11-13(9-16(21)23)17(24)20-10-12-2-3-15(14(18)8-12)22-6-4-19-5-7-22/h2-3,8,13,19H,4-7,9-11H2,1H3,(H,20,24)/t13-/m1/s1. The molecule has 2 amide bonds. The van der Waals surface area contributed by atoms with Gasteiger partial charge in [0.1, 0.15) is 5.82 Å². The maximum Gasteiger partial charge on any atom is 0.225 e. The van der Waals surface area contributed by atoms with Crippen molar-refractivity contribution in [3.8, 4) is 0 Å². The lowest BCUT2D eigenvalue weighted by molar-refractivity contribution is -0.128. The topological polar surface area (TPSA) is 64.7 Å². The van der Waals surface area contributed by atoms with Crippen molar-refractivity contribution >= 4 is 17.5 Å². The first-order chi connectivity index (χ1) is 11.5. The van der Waals surface area contributed by atoms with E-state index in [1.165, 1.54) is 6.07 Å². The second-order valence-electron chi connectivity index (χ2n) is 6.42. The molecule has 1 aromatic rings. The molecule has 0 aliphatic carbocycles. The van der Waals surface area contributed by atoms with Crippen LogP contribution >= 0.6 is 0 Å². The minimum atomic E-state index is -0.313. The fourth-order valence-corrected chi connectivity index (χ4v) is 3.20. The van der Waals surface area contributed by atoms with Crippen molar-refractivity contribution in [1.29, 1.82) is 0 Å². The van der Waals surface area contributed by atoms with Gasteiger partial charge >= 0.3 is 0 Å². The number of anilines is 1. The van der Waals surface area contributed by atoms with Gasteiger partial charge in [-0.3, -0.25) is 9.59 Å². The highest BCUT2D eigenvalue weighted by atomic mass is 19.1. The molecule has 3 rings (SSSR count). The number of rotatable bonds is 4. The number of carbonyl (C=O) groups is 2. The zero-order valence-electron chi connectivity index (χ0n) is 13.8. The Hall–Kier alpha value is -2.15. The lowest BCUT2D eigenvalue weighted by atomic mass is 10.1. The molecular weight excluding hydrogens is 311 g/mol. The fourth-order valence-electron chi connectivity index (χ4n) is 3.20. The van der Waals surface area contributed by atoms with Gasteiger partial charge in [0.2, 0.25) is 11.8 Å². The van der Waals surface area contributed by atoms with Gasteiger partial charge in [0.15, 0.2) is 0 Å². The molecule has 2 aliphatic heterocycles. The zero-order chi connectivity index (χ0) is 17.1. The SMILES string of the molecule is CN1C[C@H](C(=O)NCc2ccc(N3CCNCC3)c(F)c2)CC1=O. The molecule has 130 valence electrons. The molecule has 1 aromatic carbocycles. The minimum absolute atomic E-state index is 0.0124. The highest BCUT2D eigenvalue weighted by molar-refractivity contribution is 5.89. The molecular formula is C17H23FN4O2. The molecule has 1 atom stereocenters. The van der Waals surface area contributed by atoms with Crippen molar-refractivity contribution in [2.45, 2.75) is 13.0 Å². The normalized spacial score (nSPS) is 21.2. The van der Waals surface area contributed by atoms with Crippen LogP contribution in [-0.4, -0.2) is 56.5 Å². The van der Waals surface area contributed by atoms with Gasteiger partial charge in [-0.1, -0.05) is 6.07 Å². The number of piperazine rings is 1. The summed E-state index contributed by atoms with van der Waals surface area (Å²) < 4.78 is 14.3. The van der Waals surface area contributed by atoms with Crippen molar-refractivity contribution in [1.82, 2.24) is 15.5 Å².